The second-order valence-corrected chi connectivity index (χ2v) is 14.9. The van der Waals surface area contributed by atoms with Crippen LogP contribution in [-0.2, 0) is 17.8 Å². The van der Waals surface area contributed by atoms with E-state index in [-0.39, 0.29) is 23.9 Å². The number of aryl methyl sites for hydroxylation is 1. The molecule has 0 radical (unpaired) electrons. The maximum absolute atomic E-state index is 13.4. The Bertz CT molecular complexity index is 1980. The monoisotopic (exact) mass is 709 g/mol. The lowest BCUT2D eigenvalue weighted by Gasteiger charge is -2.42. The van der Waals surface area contributed by atoms with Crippen LogP contribution < -0.4 is 14.5 Å². The molecular weight excluding hydrogens is 670 g/mol. The van der Waals surface area contributed by atoms with Gasteiger partial charge in [0.15, 0.2) is 0 Å². The van der Waals surface area contributed by atoms with Crippen LogP contribution in [0.2, 0.25) is 5.02 Å². The number of rotatable bonds is 8. The fourth-order valence-corrected chi connectivity index (χ4v) is 9.20. The highest BCUT2D eigenvalue weighted by Gasteiger charge is 2.45. The van der Waals surface area contributed by atoms with Crippen molar-refractivity contribution in [3.05, 3.63) is 69.6 Å². The van der Waals surface area contributed by atoms with E-state index in [4.69, 9.17) is 26.3 Å². The van der Waals surface area contributed by atoms with Gasteiger partial charge in [-0.3, -0.25) is 9.69 Å². The summed E-state index contributed by atoms with van der Waals surface area (Å²) in [6, 6.07) is 14.8. The fourth-order valence-electron chi connectivity index (χ4n) is 8.36. The van der Waals surface area contributed by atoms with Crippen LogP contribution in [0.3, 0.4) is 0 Å². The van der Waals surface area contributed by atoms with Crippen molar-refractivity contribution in [2.75, 3.05) is 55.7 Å². The molecule has 3 fully saturated rings. The topological polar surface area (TPSA) is 115 Å². The molecule has 8 rings (SSSR count). The van der Waals surface area contributed by atoms with Crippen LogP contribution in [0.15, 0.2) is 42.5 Å². The number of hydrogen-bond donors (Lipinski definition) is 0. The van der Waals surface area contributed by atoms with Crippen molar-refractivity contribution in [2.24, 2.45) is 0 Å². The molecule has 1 amide bonds. The molecule has 0 aliphatic carbocycles. The second kappa shape index (κ2) is 13.8. The highest BCUT2D eigenvalue weighted by atomic mass is 35.5. The lowest BCUT2D eigenvalue weighted by molar-refractivity contribution is -0.128. The number of aromatic nitrogens is 4. The van der Waals surface area contributed by atoms with Crippen LogP contribution in [-0.4, -0.2) is 92.5 Å². The smallest absolute Gasteiger partial charge is 0.318 e. The van der Waals surface area contributed by atoms with Gasteiger partial charge in [0.2, 0.25) is 5.91 Å². The molecule has 11 nitrogen and oxygen atoms in total. The molecule has 0 bridgehead atoms. The maximum Gasteiger partial charge on any atom is 0.318 e. The van der Waals surface area contributed by atoms with Crippen LogP contribution >= 0.6 is 23.1 Å². The van der Waals surface area contributed by atoms with Gasteiger partial charge < -0.3 is 19.4 Å². The number of fused-ring (bicyclic) bond motifs is 3. The average molecular weight is 710 g/mol. The number of ether oxygens (including phenoxy) is 1. The zero-order chi connectivity index (χ0) is 34.2. The van der Waals surface area contributed by atoms with Crippen LogP contribution in [0, 0.1) is 18.3 Å². The van der Waals surface area contributed by atoms with Gasteiger partial charge in [0.05, 0.1) is 41.3 Å². The molecule has 0 spiro atoms. The first-order valence-electron chi connectivity index (χ1n) is 17.5. The van der Waals surface area contributed by atoms with E-state index >= 15 is 0 Å². The first-order valence-corrected chi connectivity index (χ1v) is 18.7. The third-order valence-electron chi connectivity index (χ3n) is 10.8. The molecule has 13 heteroatoms. The Kier molecular flexibility index (Phi) is 9.06. The Hall–Kier alpha value is -4.31. The normalized spacial score (nSPS) is 20.3. The minimum atomic E-state index is -0.292. The highest BCUT2D eigenvalue weighted by molar-refractivity contribution is 7.06. The summed E-state index contributed by atoms with van der Waals surface area (Å²) in [5.41, 5.74) is 3.20. The quantitative estimate of drug-likeness (QED) is 0.213. The van der Waals surface area contributed by atoms with E-state index in [1.54, 1.807) is 17.1 Å². The zero-order valence-electron chi connectivity index (χ0n) is 28.2. The van der Waals surface area contributed by atoms with Gasteiger partial charge in [-0.05, 0) is 87.2 Å². The van der Waals surface area contributed by atoms with Crippen molar-refractivity contribution in [2.45, 2.75) is 63.6 Å². The van der Waals surface area contributed by atoms with Gasteiger partial charge in [0.1, 0.15) is 23.3 Å². The Labute approximate surface area is 301 Å². The summed E-state index contributed by atoms with van der Waals surface area (Å²) in [5, 5.41) is 13.4. The van der Waals surface area contributed by atoms with Crippen molar-refractivity contribution in [1.29, 1.82) is 5.26 Å². The van der Waals surface area contributed by atoms with Crippen molar-refractivity contribution < 1.29 is 9.53 Å². The van der Waals surface area contributed by atoms with Crippen molar-refractivity contribution in [3.8, 4) is 12.1 Å². The van der Waals surface area contributed by atoms with Crippen LogP contribution in [0.1, 0.15) is 54.2 Å². The summed E-state index contributed by atoms with van der Waals surface area (Å²) in [7, 11) is 0. The zero-order valence-corrected chi connectivity index (χ0v) is 29.8. The Morgan fingerprint density at radius 3 is 2.68 bits per heavy atom. The lowest BCUT2D eigenvalue weighted by atomic mass is 9.95. The molecule has 6 heterocycles. The van der Waals surface area contributed by atoms with Gasteiger partial charge in [-0.1, -0.05) is 35.9 Å². The molecule has 3 saturated heterocycles. The number of nitriles is 1. The van der Waals surface area contributed by atoms with E-state index in [1.165, 1.54) is 24.4 Å². The number of amides is 1. The minimum Gasteiger partial charge on any atom is -0.461 e. The second-order valence-electron chi connectivity index (χ2n) is 13.8. The van der Waals surface area contributed by atoms with E-state index in [0.717, 1.165) is 77.5 Å². The Balaban J connectivity index is 1.09. The number of carbonyl (C=O) groups excluding carboxylic acids is 1. The number of hydrogen-bond acceptors (Lipinski definition) is 11. The predicted molar refractivity (Wildman–Crippen MR) is 196 cm³/mol. The molecule has 50 heavy (non-hydrogen) atoms. The number of piperazine rings is 1. The van der Waals surface area contributed by atoms with Crippen LogP contribution in [0.25, 0.3) is 16.8 Å². The molecule has 258 valence electrons. The predicted octanol–water partition coefficient (Wildman–Crippen LogP) is 5.66. The van der Waals surface area contributed by atoms with E-state index < -0.39 is 0 Å². The SMILES string of the molecule is Cc1nsc(/C=C/C(=O)N2CCN(c3nc(OCC45CCCN4CCC5)nc4c3CCN(c3cccc5cccc(Cl)c35)C4)CC2CC#N)n1. The average Bonchev–Trinajstić information content (AvgIpc) is 3.85. The van der Waals surface area contributed by atoms with Crippen LogP contribution in [0.4, 0.5) is 11.5 Å². The summed E-state index contributed by atoms with van der Waals surface area (Å²) in [4.78, 5) is 36.9. The number of halogens is 1. The summed E-state index contributed by atoms with van der Waals surface area (Å²) >= 11 is 8.02. The molecule has 4 aromatic rings. The third-order valence-corrected chi connectivity index (χ3v) is 11.9. The van der Waals surface area contributed by atoms with E-state index in [9.17, 15) is 10.1 Å². The molecule has 0 saturated carbocycles. The molecule has 4 aliphatic heterocycles. The van der Waals surface area contributed by atoms with Gasteiger partial charge in [0, 0.05) is 48.9 Å². The summed E-state index contributed by atoms with van der Waals surface area (Å²) in [5.74, 6) is 1.40. The number of nitrogens with zero attached hydrogens (tertiary/aromatic N) is 9. The molecule has 2 aromatic carbocycles. The summed E-state index contributed by atoms with van der Waals surface area (Å²) in [6.07, 6.45) is 8.88. The first-order chi connectivity index (χ1) is 24.4. The van der Waals surface area contributed by atoms with Gasteiger partial charge in [-0.25, -0.2) is 4.98 Å². The number of carbonyl (C=O) groups is 1. The van der Waals surface area contributed by atoms with Crippen molar-refractivity contribution in [3.63, 3.8) is 0 Å². The van der Waals surface area contributed by atoms with E-state index in [0.29, 0.717) is 49.6 Å². The third kappa shape index (κ3) is 6.27. The van der Waals surface area contributed by atoms with Crippen molar-refractivity contribution >= 4 is 57.4 Å². The molecule has 1 atom stereocenters. The summed E-state index contributed by atoms with van der Waals surface area (Å²) in [6.45, 7) is 7.58. The maximum atomic E-state index is 13.4. The van der Waals surface area contributed by atoms with Gasteiger partial charge in [-0.2, -0.15) is 19.6 Å². The Morgan fingerprint density at radius 1 is 1.08 bits per heavy atom. The Morgan fingerprint density at radius 2 is 1.90 bits per heavy atom. The molecule has 2 aromatic heterocycles. The fraction of sp³-hybridized carbons (Fsp3) is 0.459. The largest absolute Gasteiger partial charge is 0.461 e. The summed E-state index contributed by atoms with van der Waals surface area (Å²) < 4.78 is 10.8. The number of anilines is 2. The van der Waals surface area contributed by atoms with E-state index in [2.05, 4.69) is 54.4 Å². The molecule has 4 aliphatic rings. The molecule has 0 N–H and O–H groups in total. The first kappa shape index (κ1) is 32.9. The standard InChI is InChI=1S/C37H40ClN9O2S/c1-25-40-32(50-43-25)10-11-33(48)47-21-20-45(22-27(47)12-16-39)35-28-13-19-44(31-9-3-7-26-6-2-8-29(38)34(26)31)23-30(28)41-36(42-35)49-24-37-14-4-17-46(37)18-5-15-37/h2-3,6-11,27H,4-5,12-15,17-24H2,1H3/b11-10+. The van der Waals surface area contributed by atoms with Crippen LogP contribution in [0.5, 0.6) is 6.01 Å². The number of benzene rings is 2. The molecular formula is C37H40ClN9O2S. The lowest BCUT2D eigenvalue weighted by Crippen LogP contribution is -2.55. The van der Waals surface area contributed by atoms with Gasteiger partial charge in [0.25, 0.3) is 0 Å². The van der Waals surface area contributed by atoms with Gasteiger partial charge >= 0.3 is 6.01 Å². The minimum absolute atomic E-state index is 0.0654. The van der Waals surface area contributed by atoms with E-state index in [1.807, 2.05) is 19.1 Å². The molecule has 1 unspecified atom stereocenters. The van der Waals surface area contributed by atoms with Crippen molar-refractivity contribution in [1.82, 2.24) is 29.1 Å². The van der Waals surface area contributed by atoms with Gasteiger partial charge in [-0.15, -0.1) is 0 Å². The highest BCUT2D eigenvalue weighted by Crippen LogP contribution is 2.40.